The lowest BCUT2D eigenvalue weighted by Crippen LogP contribution is -2.41. The van der Waals surface area contributed by atoms with Crippen molar-refractivity contribution in [3.63, 3.8) is 0 Å². The standard InChI is InChI=1S/C15H22N4O5S/c1-9-12(25-15(17-9)18-14(23)16-2)13(22)19-5-3-4-10(6-19)7-24-8-11(20)21/h10H,3-8H2,1-2H3,(H,20,21)(H2,16,17,18,23)/p-1. The maximum Gasteiger partial charge on any atom is 0.320 e. The fraction of sp³-hybridized carbons (Fsp3) is 0.600. The van der Waals surface area contributed by atoms with E-state index in [4.69, 9.17) is 4.74 Å². The maximum atomic E-state index is 12.7. The minimum absolute atomic E-state index is 0.0914. The number of thiazole rings is 1. The monoisotopic (exact) mass is 369 g/mol. The number of ether oxygens (including phenoxy) is 1. The minimum Gasteiger partial charge on any atom is -0.548 e. The number of likely N-dealkylation sites (tertiary alicyclic amines) is 1. The van der Waals surface area contributed by atoms with Crippen LogP contribution in [0.4, 0.5) is 9.93 Å². The summed E-state index contributed by atoms with van der Waals surface area (Å²) in [5.41, 5.74) is 0.566. The van der Waals surface area contributed by atoms with Gasteiger partial charge < -0.3 is 24.9 Å². The largest absolute Gasteiger partial charge is 0.548 e. The van der Waals surface area contributed by atoms with Crippen molar-refractivity contribution in [2.24, 2.45) is 5.92 Å². The van der Waals surface area contributed by atoms with Gasteiger partial charge in [-0.25, -0.2) is 9.78 Å². The van der Waals surface area contributed by atoms with Gasteiger partial charge in [0.1, 0.15) is 4.88 Å². The zero-order valence-corrected chi connectivity index (χ0v) is 15.0. The Morgan fingerprint density at radius 1 is 1.44 bits per heavy atom. The number of anilines is 1. The van der Waals surface area contributed by atoms with E-state index in [1.54, 1.807) is 11.8 Å². The quantitative estimate of drug-likeness (QED) is 0.717. The predicted molar refractivity (Wildman–Crippen MR) is 89.4 cm³/mol. The van der Waals surface area contributed by atoms with Crippen molar-refractivity contribution in [1.29, 1.82) is 0 Å². The molecule has 2 N–H and O–H groups in total. The highest BCUT2D eigenvalue weighted by Crippen LogP contribution is 2.26. The average molecular weight is 369 g/mol. The first-order valence-corrected chi connectivity index (χ1v) is 8.75. The first kappa shape index (κ1) is 19.1. The third kappa shape index (κ3) is 5.40. The van der Waals surface area contributed by atoms with Crippen LogP contribution in [0.1, 0.15) is 28.2 Å². The molecule has 25 heavy (non-hydrogen) atoms. The predicted octanol–water partition coefficient (Wildman–Crippen LogP) is -0.178. The van der Waals surface area contributed by atoms with E-state index < -0.39 is 18.6 Å². The van der Waals surface area contributed by atoms with Gasteiger partial charge in [0.05, 0.1) is 24.9 Å². The number of nitrogens with one attached hydrogen (secondary N) is 2. The highest BCUT2D eigenvalue weighted by molar-refractivity contribution is 7.17. The van der Waals surface area contributed by atoms with Crippen molar-refractivity contribution < 1.29 is 24.2 Å². The molecule has 138 valence electrons. The third-order valence-electron chi connectivity index (χ3n) is 3.82. The van der Waals surface area contributed by atoms with Crippen molar-refractivity contribution >= 4 is 34.4 Å². The van der Waals surface area contributed by atoms with Crippen LogP contribution in [-0.4, -0.2) is 61.1 Å². The molecule has 9 nitrogen and oxygen atoms in total. The molecule has 1 atom stereocenters. The molecule has 1 aromatic rings. The fourth-order valence-corrected chi connectivity index (χ4v) is 3.58. The number of carbonyl (C=O) groups is 3. The van der Waals surface area contributed by atoms with Crippen molar-refractivity contribution in [2.45, 2.75) is 19.8 Å². The first-order chi connectivity index (χ1) is 11.9. The zero-order valence-electron chi connectivity index (χ0n) is 14.2. The highest BCUT2D eigenvalue weighted by Gasteiger charge is 2.27. The molecule has 1 saturated heterocycles. The molecule has 0 saturated carbocycles. The van der Waals surface area contributed by atoms with E-state index in [0.717, 1.165) is 24.2 Å². The molecule has 1 aliphatic rings. The summed E-state index contributed by atoms with van der Waals surface area (Å²) in [6, 6.07) is -0.393. The van der Waals surface area contributed by atoms with E-state index in [-0.39, 0.29) is 18.4 Å². The molecule has 1 aliphatic heterocycles. The molecule has 2 rings (SSSR count). The second-order valence-electron chi connectivity index (χ2n) is 5.78. The lowest BCUT2D eigenvalue weighted by Gasteiger charge is -2.32. The number of hydrogen-bond acceptors (Lipinski definition) is 7. The summed E-state index contributed by atoms with van der Waals surface area (Å²) in [6.45, 7) is 2.70. The Kier molecular flexibility index (Phi) is 6.71. The second kappa shape index (κ2) is 8.77. The number of nitrogens with zero attached hydrogens (tertiary/aromatic N) is 2. The lowest BCUT2D eigenvalue weighted by atomic mass is 9.99. The molecule has 0 aromatic carbocycles. The van der Waals surface area contributed by atoms with Crippen LogP contribution in [0.25, 0.3) is 0 Å². The number of urea groups is 1. The Balaban J connectivity index is 1.97. The van der Waals surface area contributed by atoms with Crippen molar-refractivity contribution in [1.82, 2.24) is 15.2 Å². The molecule has 0 radical (unpaired) electrons. The Labute approximate surface area is 149 Å². The number of amides is 3. The van der Waals surface area contributed by atoms with Gasteiger partial charge in [0, 0.05) is 20.1 Å². The molecule has 3 amide bonds. The van der Waals surface area contributed by atoms with Gasteiger partial charge in [0.2, 0.25) is 0 Å². The highest BCUT2D eigenvalue weighted by atomic mass is 32.1. The Morgan fingerprint density at radius 2 is 2.20 bits per heavy atom. The van der Waals surface area contributed by atoms with Crippen LogP contribution in [0.5, 0.6) is 0 Å². The normalized spacial score (nSPS) is 17.2. The summed E-state index contributed by atoms with van der Waals surface area (Å²) in [7, 11) is 1.50. The molecule has 1 aromatic heterocycles. The number of aliphatic carboxylic acids is 1. The maximum absolute atomic E-state index is 12.7. The smallest absolute Gasteiger partial charge is 0.320 e. The summed E-state index contributed by atoms with van der Waals surface area (Å²) < 4.78 is 5.09. The molecular weight excluding hydrogens is 348 g/mol. The average Bonchev–Trinajstić information content (AvgIpc) is 2.94. The molecular formula is C15H21N4O5S-. The number of carbonyl (C=O) groups excluding carboxylic acids is 3. The summed E-state index contributed by atoms with van der Waals surface area (Å²) in [5.74, 6) is -1.29. The van der Waals surface area contributed by atoms with Gasteiger partial charge in [-0.1, -0.05) is 11.3 Å². The topological polar surface area (TPSA) is 124 Å². The van der Waals surface area contributed by atoms with Gasteiger partial charge in [-0.15, -0.1) is 0 Å². The molecule has 0 aliphatic carbocycles. The molecule has 0 spiro atoms. The van der Waals surface area contributed by atoms with Crippen LogP contribution in [0.3, 0.4) is 0 Å². The number of piperidine rings is 1. The van der Waals surface area contributed by atoms with Crippen LogP contribution >= 0.6 is 11.3 Å². The third-order valence-corrected chi connectivity index (χ3v) is 4.88. The fourth-order valence-electron chi connectivity index (χ4n) is 2.65. The summed E-state index contributed by atoms with van der Waals surface area (Å²) >= 11 is 1.14. The second-order valence-corrected chi connectivity index (χ2v) is 6.78. The first-order valence-electron chi connectivity index (χ1n) is 7.93. The minimum atomic E-state index is -1.25. The molecule has 2 heterocycles. The Bertz CT molecular complexity index is 648. The summed E-state index contributed by atoms with van der Waals surface area (Å²) in [6.07, 6.45) is 1.70. The Morgan fingerprint density at radius 3 is 2.88 bits per heavy atom. The van der Waals surface area contributed by atoms with Crippen LogP contribution in [-0.2, 0) is 9.53 Å². The van der Waals surface area contributed by atoms with Crippen LogP contribution in [0.15, 0.2) is 0 Å². The molecule has 1 fully saturated rings. The van der Waals surface area contributed by atoms with E-state index in [0.29, 0.717) is 28.8 Å². The number of carboxylic acid groups (broad SMARTS) is 1. The molecule has 0 bridgehead atoms. The molecule has 1 unspecified atom stereocenters. The number of aromatic nitrogens is 1. The number of hydrogen-bond donors (Lipinski definition) is 2. The van der Waals surface area contributed by atoms with Crippen molar-refractivity contribution in [3.8, 4) is 0 Å². The summed E-state index contributed by atoms with van der Waals surface area (Å²) in [4.78, 5) is 40.9. The van der Waals surface area contributed by atoms with Gasteiger partial charge in [-0.3, -0.25) is 10.1 Å². The van der Waals surface area contributed by atoms with E-state index in [1.807, 2.05) is 0 Å². The number of carboxylic acids is 1. The van der Waals surface area contributed by atoms with E-state index in [2.05, 4.69) is 15.6 Å². The molecule has 10 heteroatoms. The lowest BCUT2D eigenvalue weighted by molar-refractivity contribution is -0.309. The Hall–Kier alpha value is -2.20. The van der Waals surface area contributed by atoms with Crippen molar-refractivity contribution in [3.05, 3.63) is 10.6 Å². The van der Waals surface area contributed by atoms with Crippen molar-refractivity contribution in [2.75, 3.05) is 38.7 Å². The number of rotatable bonds is 6. The van der Waals surface area contributed by atoms with E-state index in [9.17, 15) is 19.5 Å². The van der Waals surface area contributed by atoms with Gasteiger partial charge in [-0.2, -0.15) is 0 Å². The van der Waals surface area contributed by atoms with Crippen LogP contribution < -0.4 is 15.7 Å². The number of aryl methyl sites for hydroxylation is 1. The summed E-state index contributed by atoms with van der Waals surface area (Å²) in [5, 5.41) is 15.8. The van der Waals surface area contributed by atoms with Gasteiger partial charge in [-0.05, 0) is 25.7 Å². The SMILES string of the molecule is CNC(=O)Nc1nc(C)c(C(=O)N2CCCC(COCC(=O)[O-])C2)s1. The van der Waals surface area contributed by atoms with E-state index >= 15 is 0 Å². The van der Waals surface area contributed by atoms with Gasteiger partial charge >= 0.3 is 6.03 Å². The van der Waals surface area contributed by atoms with Crippen LogP contribution in [0, 0.1) is 12.8 Å². The zero-order chi connectivity index (χ0) is 18.4. The van der Waals surface area contributed by atoms with Gasteiger partial charge in [0.25, 0.3) is 5.91 Å². The van der Waals surface area contributed by atoms with E-state index in [1.165, 1.54) is 7.05 Å². The van der Waals surface area contributed by atoms with Crippen LogP contribution in [0.2, 0.25) is 0 Å². The van der Waals surface area contributed by atoms with Gasteiger partial charge in [0.15, 0.2) is 5.13 Å².